The van der Waals surface area contributed by atoms with Gasteiger partial charge in [-0.1, -0.05) is 6.07 Å². The largest absolute Gasteiger partial charge is 0.497 e. The van der Waals surface area contributed by atoms with Crippen LogP contribution in [0, 0.1) is 6.92 Å². The molecule has 0 atom stereocenters. The van der Waals surface area contributed by atoms with Crippen molar-refractivity contribution in [1.29, 1.82) is 0 Å². The van der Waals surface area contributed by atoms with E-state index < -0.39 is 12.0 Å². The standard InChI is InChI=1S/C19H20F2N4O3/c1-11-17-14(18(20)21)10-16(27)25(19(17)23-24(11)2)8-7-15(26)22-12-5-4-6-13(9-12)28-3/h4-6,9-10,18H,7-8H2,1-3H3,(H,22,26). The first-order valence-electron chi connectivity index (χ1n) is 8.61. The summed E-state index contributed by atoms with van der Waals surface area (Å²) in [5, 5.41) is 7.16. The highest BCUT2D eigenvalue weighted by atomic mass is 19.3. The summed E-state index contributed by atoms with van der Waals surface area (Å²) in [7, 11) is 3.14. The molecular formula is C19H20F2N4O3. The summed E-state index contributed by atoms with van der Waals surface area (Å²) in [6, 6.07) is 7.79. The molecule has 1 N–H and O–H groups in total. The van der Waals surface area contributed by atoms with Crippen LogP contribution in [0.1, 0.15) is 24.1 Å². The Bertz CT molecular complexity index is 1090. The Hall–Kier alpha value is -3.23. The van der Waals surface area contributed by atoms with Crippen molar-refractivity contribution in [3.8, 4) is 5.75 Å². The zero-order valence-corrected chi connectivity index (χ0v) is 15.7. The maximum atomic E-state index is 13.4. The smallest absolute Gasteiger partial charge is 0.264 e. The van der Waals surface area contributed by atoms with Gasteiger partial charge in [0.2, 0.25) is 5.91 Å². The summed E-state index contributed by atoms with van der Waals surface area (Å²) < 4.78 is 34.5. The topological polar surface area (TPSA) is 78.1 Å². The fraction of sp³-hybridized carbons (Fsp3) is 0.316. The van der Waals surface area contributed by atoms with Gasteiger partial charge in [0.25, 0.3) is 12.0 Å². The maximum absolute atomic E-state index is 13.4. The number of aromatic nitrogens is 3. The number of aryl methyl sites for hydroxylation is 3. The van der Waals surface area contributed by atoms with E-state index in [1.165, 1.54) is 16.4 Å². The Morgan fingerprint density at radius 3 is 2.75 bits per heavy atom. The molecule has 0 saturated heterocycles. The number of nitrogens with zero attached hydrogens (tertiary/aromatic N) is 3. The molecule has 2 heterocycles. The van der Waals surface area contributed by atoms with Gasteiger partial charge in [-0.15, -0.1) is 0 Å². The Morgan fingerprint density at radius 1 is 1.32 bits per heavy atom. The van der Waals surface area contributed by atoms with Gasteiger partial charge in [0, 0.05) is 54.5 Å². The summed E-state index contributed by atoms with van der Waals surface area (Å²) in [4.78, 5) is 24.6. The minimum Gasteiger partial charge on any atom is -0.497 e. The molecule has 28 heavy (non-hydrogen) atoms. The molecule has 7 nitrogen and oxygen atoms in total. The monoisotopic (exact) mass is 390 g/mol. The van der Waals surface area contributed by atoms with Crippen molar-refractivity contribution in [2.24, 2.45) is 7.05 Å². The number of hydrogen-bond donors (Lipinski definition) is 1. The van der Waals surface area contributed by atoms with Crippen LogP contribution in [0.25, 0.3) is 11.0 Å². The number of rotatable bonds is 6. The van der Waals surface area contributed by atoms with Crippen LogP contribution >= 0.6 is 0 Å². The molecule has 2 aromatic heterocycles. The van der Waals surface area contributed by atoms with Crippen molar-refractivity contribution in [2.45, 2.75) is 26.3 Å². The van der Waals surface area contributed by atoms with Crippen LogP contribution in [-0.4, -0.2) is 27.4 Å². The van der Waals surface area contributed by atoms with Crippen LogP contribution < -0.4 is 15.6 Å². The Morgan fingerprint density at radius 2 is 2.07 bits per heavy atom. The van der Waals surface area contributed by atoms with Crippen molar-refractivity contribution in [3.63, 3.8) is 0 Å². The molecule has 0 unspecified atom stereocenters. The molecule has 3 rings (SSSR count). The lowest BCUT2D eigenvalue weighted by Crippen LogP contribution is -2.24. The quantitative estimate of drug-likeness (QED) is 0.702. The van der Waals surface area contributed by atoms with Gasteiger partial charge in [0.15, 0.2) is 5.65 Å². The van der Waals surface area contributed by atoms with Crippen LogP contribution in [0.4, 0.5) is 14.5 Å². The molecule has 3 aromatic rings. The molecule has 0 aliphatic heterocycles. The van der Waals surface area contributed by atoms with Crippen LogP contribution in [0.2, 0.25) is 0 Å². The van der Waals surface area contributed by atoms with Crippen molar-refractivity contribution < 1.29 is 18.3 Å². The third-order valence-corrected chi connectivity index (χ3v) is 4.56. The second kappa shape index (κ2) is 7.79. The number of halogens is 2. The summed E-state index contributed by atoms with van der Waals surface area (Å²) >= 11 is 0. The number of ether oxygens (including phenoxy) is 1. The number of anilines is 1. The van der Waals surface area contributed by atoms with Crippen molar-refractivity contribution in [1.82, 2.24) is 14.3 Å². The molecule has 0 fully saturated rings. The number of hydrogen-bond acceptors (Lipinski definition) is 4. The highest BCUT2D eigenvalue weighted by molar-refractivity contribution is 5.91. The molecule has 0 saturated carbocycles. The fourth-order valence-corrected chi connectivity index (χ4v) is 3.03. The molecular weight excluding hydrogens is 370 g/mol. The van der Waals surface area contributed by atoms with Crippen LogP contribution in [0.3, 0.4) is 0 Å². The first-order valence-corrected chi connectivity index (χ1v) is 8.61. The predicted octanol–water partition coefficient (Wildman–Crippen LogP) is 3.02. The first-order chi connectivity index (χ1) is 13.3. The maximum Gasteiger partial charge on any atom is 0.264 e. The van der Waals surface area contributed by atoms with E-state index in [1.54, 1.807) is 38.2 Å². The molecule has 0 radical (unpaired) electrons. The SMILES string of the molecule is COc1cccc(NC(=O)CCn2c(=O)cc(C(F)F)c3c(C)n(C)nc32)c1. The van der Waals surface area contributed by atoms with E-state index in [2.05, 4.69) is 10.4 Å². The summed E-state index contributed by atoms with van der Waals surface area (Å²) in [5.74, 6) is 0.279. The molecule has 1 aromatic carbocycles. The van der Waals surface area contributed by atoms with Crippen LogP contribution in [0.15, 0.2) is 35.1 Å². The molecule has 0 aliphatic carbocycles. The minimum atomic E-state index is -2.79. The second-order valence-corrected chi connectivity index (χ2v) is 6.33. The van der Waals surface area contributed by atoms with Gasteiger partial charge in [0.05, 0.1) is 7.11 Å². The minimum absolute atomic E-state index is 0.0180. The van der Waals surface area contributed by atoms with Gasteiger partial charge in [-0.2, -0.15) is 5.10 Å². The normalized spacial score (nSPS) is 11.2. The lowest BCUT2D eigenvalue weighted by atomic mass is 10.1. The number of alkyl halides is 2. The molecule has 0 spiro atoms. The van der Waals surface area contributed by atoms with Gasteiger partial charge in [0.1, 0.15) is 5.75 Å². The number of carbonyl (C=O) groups is 1. The predicted molar refractivity (Wildman–Crippen MR) is 101 cm³/mol. The van der Waals surface area contributed by atoms with Crippen molar-refractivity contribution >= 4 is 22.6 Å². The summed E-state index contributed by atoms with van der Waals surface area (Å²) in [6.45, 7) is 1.68. The molecule has 9 heteroatoms. The lowest BCUT2D eigenvalue weighted by Gasteiger charge is -2.10. The van der Waals surface area contributed by atoms with E-state index in [-0.39, 0.29) is 35.5 Å². The van der Waals surface area contributed by atoms with E-state index in [4.69, 9.17) is 4.74 Å². The second-order valence-electron chi connectivity index (χ2n) is 6.33. The molecule has 1 amide bonds. The zero-order chi connectivity index (χ0) is 20.4. The average molecular weight is 390 g/mol. The number of fused-ring (bicyclic) bond motifs is 1. The lowest BCUT2D eigenvalue weighted by molar-refractivity contribution is -0.116. The third-order valence-electron chi connectivity index (χ3n) is 4.56. The number of amides is 1. The fourth-order valence-electron chi connectivity index (χ4n) is 3.03. The molecule has 0 aliphatic rings. The van der Waals surface area contributed by atoms with E-state index in [9.17, 15) is 18.4 Å². The van der Waals surface area contributed by atoms with Crippen molar-refractivity contribution in [3.05, 3.63) is 51.9 Å². The zero-order valence-electron chi connectivity index (χ0n) is 15.7. The number of pyridine rings is 1. The summed E-state index contributed by atoms with van der Waals surface area (Å²) in [6.07, 6.45) is -2.81. The third kappa shape index (κ3) is 3.73. The Balaban J connectivity index is 1.85. The number of benzene rings is 1. The van der Waals surface area contributed by atoms with E-state index in [1.807, 2.05) is 0 Å². The first kappa shape index (κ1) is 19.5. The molecule has 0 bridgehead atoms. The van der Waals surface area contributed by atoms with Gasteiger partial charge in [-0.25, -0.2) is 8.78 Å². The van der Waals surface area contributed by atoms with Gasteiger partial charge in [-0.3, -0.25) is 18.8 Å². The van der Waals surface area contributed by atoms with E-state index in [0.29, 0.717) is 17.1 Å². The Kier molecular flexibility index (Phi) is 5.43. The number of nitrogens with one attached hydrogen (secondary N) is 1. The van der Waals surface area contributed by atoms with E-state index in [0.717, 1.165) is 6.07 Å². The number of methoxy groups -OCH3 is 1. The summed E-state index contributed by atoms with van der Waals surface area (Å²) in [5.41, 5.74) is 0.276. The van der Waals surface area contributed by atoms with Gasteiger partial charge < -0.3 is 10.1 Å². The highest BCUT2D eigenvalue weighted by Gasteiger charge is 2.21. The van der Waals surface area contributed by atoms with Gasteiger partial charge >= 0.3 is 0 Å². The van der Waals surface area contributed by atoms with Crippen LogP contribution in [-0.2, 0) is 18.4 Å². The van der Waals surface area contributed by atoms with Gasteiger partial charge in [-0.05, 0) is 19.1 Å². The number of carbonyl (C=O) groups excluding carboxylic acids is 1. The van der Waals surface area contributed by atoms with Crippen molar-refractivity contribution in [2.75, 3.05) is 12.4 Å². The van der Waals surface area contributed by atoms with Crippen LogP contribution in [0.5, 0.6) is 5.75 Å². The average Bonchev–Trinajstić information content (AvgIpc) is 2.95. The Labute approximate surface area is 159 Å². The highest BCUT2D eigenvalue weighted by Crippen LogP contribution is 2.28. The molecule has 148 valence electrons. The van der Waals surface area contributed by atoms with E-state index >= 15 is 0 Å².